The molecule has 0 aromatic heterocycles. The smallest absolute Gasteiger partial charge is 0.251 e. The van der Waals surface area contributed by atoms with Gasteiger partial charge in [0.2, 0.25) is 0 Å². The van der Waals surface area contributed by atoms with Gasteiger partial charge in [0.15, 0.2) is 0 Å². The van der Waals surface area contributed by atoms with Crippen molar-refractivity contribution in [2.75, 3.05) is 7.05 Å². The van der Waals surface area contributed by atoms with Crippen LogP contribution in [-0.4, -0.2) is 18.1 Å². The van der Waals surface area contributed by atoms with Crippen LogP contribution in [0.2, 0.25) is 0 Å². The first-order chi connectivity index (χ1) is 12.1. The summed E-state index contributed by atoms with van der Waals surface area (Å²) in [5.41, 5.74) is 4.18. The lowest BCUT2D eigenvalue weighted by Gasteiger charge is -2.27. The van der Waals surface area contributed by atoms with E-state index < -0.39 is 5.60 Å². The first kappa shape index (κ1) is 15.6. The molecule has 25 heavy (non-hydrogen) atoms. The van der Waals surface area contributed by atoms with Crippen LogP contribution in [0.5, 0.6) is 0 Å². The van der Waals surface area contributed by atoms with Crippen LogP contribution in [0, 0.1) is 0 Å². The topological polar surface area (TPSA) is 49.3 Å². The molecule has 0 bridgehead atoms. The van der Waals surface area contributed by atoms with E-state index in [1.165, 1.54) is 0 Å². The normalized spacial score (nSPS) is 13.8. The van der Waals surface area contributed by atoms with Crippen LogP contribution in [0.1, 0.15) is 27.0 Å². The summed E-state index contributed by atoms with van der Waals surface area (Å²) < 4.78 is 0. The summed E-state index contributed by atoms with van der Waals surface area (Å²) in [6.45, 7) is 0. The largest absolute Gasteiger partial charge is 0.380 e. The van der Waals surface area contributed by atoms with Crippen molar-refractivity contribution in [2.24, 2.45) is 0 Å². The third kappa shape index (κ3) is 2.36. The molecule has 0 saturated carbocycles. The maximum Gasteiger partial charge on any atom is 0.251 e. The van der Waals surface area contributed by atoms with E-state index in [1.807, 2.05) is 66.7 Å². The number of nitrogens with one attached hydrogen (secondary N) is 1. The molecule has 0 heterocycles. The second-order valence-corrected chi connectivity index (χ2v) is 6.36. The standard InChI is InChI=1S/C22H19NO2/c1-23-21(24)16-9-3-2-8-15(16)14-22(25)19-12-6-4-10-17(19)18-11-5-7-13-20(18)22/h2-13,25H,14H2,1H3,(H,23,24). The van der Waals surface area contributed by atoms with Gasteiger partial charge < -0.3 is 10.4 Å². The summed E-state index contributed by atoms with van der Waals surface area (Å²) in [5.74, 6) is -0.140. The molecule has 1 aliphatic rings. The summed E-state index contributed by atoms with van der Waals surface area (Å²) in [6, 6.07) is 23.3. The molecule has 3 heteroatoms. The molecule has 0 radical (unpaired) electrons. The van der Waals surface area contributed by atoms with E-state index in [2.05, 4.69) is 5.32 Å². The zero-order chi connectivity index (χ0) is 17.4. The number of carbonyl (C=O) groups is 1. The summed E-state index contributed by atoms with van der Waals surface area (Å²) in [6.07, 6.45) is 0.352. The summed E-state index contributed by atoms with van der Waals surface area (Å²) in [4.78, 5) is 12.2. The SMILES string of the molecule is CNC(=O)c1ccccc1CC1(O)c2ccccc2-c2ccccc21. The van der Waals surface area contributed by atoms with Crippen molar-refractivity contribution in [2.45, 2.75) is 12.0 Å². The van der Waals surface area contributed by atoms with Gasteiger partial charge in [-0.3, -0.25) is 4.79 Å². The van der Waals surface area contributed by atoms with Gasteiger partial charge in [0, 0.05) is 19.0 Å². The number of carbonyl (C=O) groups excluding carboxylic acids is 1. The van der Waals surface area contributed by atoms with Crippen LogP contribution in [0.25, 0.3) is 11.1 Å². The first-order valence-electron chi connectivity index (χ1n) is 8.37. The molecule has 3 nitrogen and oxygen atoms in total. The summed E-state index contributed by atoms with van der Waals surface area (Å²) >= 11 is 0. The van der Waals surface area contributed by atoms with E-state index >= 15 is 0 Å². The van der Waals surface area contributed by atoms with Crippen molar-refractivity contribution in [1.29, 1.82) is 0 Å². The van der Waals surface area contributed by atoms with Gasteiger partial charge in [-0.05, 0) is 33.9 Å². The Balaban J connectivity index is 1.88. The van der Waals surface area contributed by atoms with Gasteiger partial charge in [0.1, 0.15) is 5.60 Å². The molecule has 0 spiro atoms. The van der Waals surface area contributed by atoms with Crippen molar-refractivity contribution in [3.63, 3.8) is 0 Å². The molecule has 3 aromatic rings. The molecular formula is C22H19NO2. The number of hydrogen-bond donors (Lipinski definition) is 2. The fraction of sp³-hybridized carbons (Fsp3) is 0.136. The molecule has 0 aliphatic heterocycles. The van der Waals surface area contributed by atoms with Gasteiger partial charge in [0.25, 0.3) is 5.91 Å². The van der Waals surface area contributed by atoms with Crippen molar-refractivity contribution < 1.29 is 9.90 Å². The van der Waals surface area contributed by atoms with E-state index in [1.54, 1.807) is 13.1 Å². The fourth-order valence-corrected chi connectivity index (χ4v) is 3.80. The van der Waals surface area contributed by atoms with Crippen LogP contribution in [-0.2, 0) is 12.0 Å². The lowest BCUT2D eigenvalue weighted by molar-refractivity contribution is 0.0850. The number of fused-ring (bicyclic) bond motifs is 3. The van der Waals surface area contributed by atoms with Gasteiger partial charge in [-0.25, -0.2) is 0 Å². The van der Waals surface area contributed by atoms with Crippen LogP contribution in [0.15, 0.2) is 72.8 Å². The minimum absolute atomic E-state index is 0.140. The average molecular weight is 329 g/mol. The van der Waals surface area contributed by atoms with Crippen molar-refractivity contribution >= 4 is 5.91 Å². The highest BCUT2D eigenvalue weighted by Crippen LogP contribution is 2.48. The number of hydrogen-bond acceptors (Lipinski definition) is 2. The monoisotopic (exact) mass is 329 g/mol. The maximum absolute atomic E-state index is 12.2. The lowest BCUT2D eigenvalue weighted by Crippen LogP contribution is -2.29. The van der Waals surface area contributed by atoms with Crippen LogP contribution in [0.3, 0.4) is 0 Å². The van der Waals surface area contributed by atoms with E-state index in [0.717, 1.165) is 27.8 Å². The molecule has 2 N–H and O–H groups in total. The molecule has 0 unspecified atom stereocenters. The highest BCUT2D eigenvalue weighted by atomic mass is 16.3. The molecule has 0 saturated heterocycles. The third-order valence-corrected chi connectivity index (χ3v) is 4.97. The lowest BCUT2D eigenvalue weighted by atomic mass is 9.84. The Kier molecular flexibility index (Phi) is 3.66. The molecule has 4 rings (SSSR count). The van der Waals surface area contributed by atoms with Crippen LogP contribution in [0.4, 0.5) is 0 Å². The molecule has 1 aliphatic carbocycles. The Morgan fingerprint density at radius 2 is 1.40 bits per heavy atom. The summed E-state index contributed by atoms with van der Waals surface area (Å²) in [7, 11) is 1.62. The van der Waals surface area contributed by atoms with Crippen molar-refractivity contribution in [1.82, 2.24) is 5.32 Å². The maximum atomic E-state index is 12.2. The number of aliphatic hydroxyl groups is 1. The summed E-state index contributed by atoms with van der Waals surface area (Å²) in [5, 5.41) is 14.4. The average Bonchev–Trinajstić information content (AvgIpc) is 2.91. The van der Waals surface area contributed by atoms with Gasteiger partial charge in [-0.1, -0.05) is 66.7 Å². The molecular weight excluding hydrogens is 310 g/mol. The van der Waals surface area contributed by atoms with Gasteiger partial charge in [0.05, 0.1) is 0 Å². The predicted molar refractivity (Wildman–Crippen MR) is 98.4 cm³/mol. The Bertz CT molecular complexity index is 916. The minimum Gasteiger partial charge on any atom is -0.380 e. The van der Waals surface area contributed by atoms with E-state index in [-0.39, 0.29) is 5.91 Å². The van der Waals surface area contributed by atoms with Crippen molar-refractivity contribution in [3.8, 4) is 11.1 Å². The zero-order valence-corrected chi connectivity index (χ0v) is 14.0. The highest BCUT2D eigenvalue weighted by Gasteiger charge is 2.41. The Labute approximate surface area is 147 Å². The Hall–Kier alpha value is -2.91. The molecule has 0 fully saturated rings. The van der Waals surface area contributed by atoms with Gasteiger partial charge >= 0.3 is 0 Å². The molecule has 3 aromatic carbocycles. The fourth-order valence-electron chi connectivity index (χ4n) is 3.80. The van der Waals surface area contributed by atoms with Gasteiger partial charge in [-0.15, -0.1) is 0 Å². The second kappa shape index (κ2) is 5.87. The quantitative estimate of drug-likeness (QED) is 0.772. The molecule has 1 amide bonds. The van der Waals surface area contributed by atoms with Gasteiger partial charge in [-0.2, -0.15) is 0 Å². The zero-order valence-electron chi connectivity index (χ0n) is 14.0. The second-order valence-electron chi connectivity index (χ2n) is 6.36. The van der Waals surface area contributed by atoms with Crippen LogP contribution >= 0.6 is 0 Å². The number of rotatable bonds is 3. The van der Waals surface area contributed by atoms with E-state index in [9.17, 15) is 9.90 Å². The molecule has 0 atom stereocenters. The van der Waals surface area contributed by atoms with E-state index in [0.29, 0.717) is 12.0 Å². The van der Waals surface area contributed by atoms with Crippen molar-refractivity contribution in [3.05, 3.63) is 95.1 Å². The predicted octanol–water partition coefficient (Wildman–Crippen LogP) is 3.51. The third-order valence-electron chi connectivity index (χ3n) is 4.97. The van der Waals surface area contributed by atoms with Crippen LogP contribution < -0.4 is 5.32 Å². The minimum atomic E-state index is -1.14. The number of amides is 1. The number of benzene rings is 3. The Morgan fingerprint density at radius 3 is 2.00 bits per heavy atom. The first-order valence-corrected chi connectivity index (χ1v) is 8.37. The Morgan fingerprint density at radius 1 is 0.880 bits per heavy atom. The molecule has 124 valence electrons. The van der Waals surface area contributed by atoms with E-state index in [4.69, 9.17) is 0 Å². The highest BCUT2D eigenvalue weighted by molar-refractivity contribution is 5.95.